The summed E-state index contributed by atoms with van der Waals surface area (Å²) in [6.07, 6.45) is -6.56. The Balaban J connectivity index is 2.22. The van der Waals surface area contributed by atoms with Gasteiger partial charge in [0.1, 0.15) is 23.6 Å². The molecule has 2 saturated heterocycles. The fourth-order valence-corrected chi connectivity index (χ4v) is 9.06. The van der Waals surface area contributed by atoms with Crippen LogP contribution in [0.5, 0.6) is 0 Å². The fourth-order valence-electron chi connectivity index (χ4n) is 9.06. The summed E-state index contributed by atoms with van der Waals surface area (Å²) in [5, 5.41) is 45.7. The van der Waals surface area contributed by atoms with Gasteiger partial charge in [0.15, 0.2) is 6.29 Å². The number of ether oxygens (including phenoxy) is 6. The molecule has 0 radical (unpaired) electrons. The maximum atomic E-state index is 14.2. The fraction of sp³-hybridized carbons (Fsp3) is 0.949. The first kappa shape index (κ1) is 45.1. The molecule has 2 heterocycles. The summed E-state index contributed by atoms with van der Waals surface area (Å²) in [6, 6.07) is -0.158. The first-order chi connectivity index (χ1) is 24.0. The Kier molecular flexibility index (Phi) is 15.3. The second-order valence-corrected chi connectivity index (χ2v) is 17.2. The first-order valence-corrected chi connectivity index (χ1v) is 19.2. The largest absolute Gasteiger partial charge is 0.459 e. The number of cyclic esters (lactones) is 1. The molecule has 4 unspecified atom stereocenters. The predicted octanol–water partition coefficient (Wildman–Crippen LogP) is 3.10. The van der Waals surface area contributed by atoms with Gasteiger partial charge in [-0.05, 0) is 80.3 Å². The van der Waals surface area contributed by atoms with E-state index >= 15 is 0 Å². The van der Waals surface area contributed by atoms with Gasteiger partial charge >= 0.3 is 5.97 Å². The highest BCUT2D eigenvalue weighted by atomic mass is 16.7. The summed E-state index contributed by atoms with van der Waals surface area (Å²) < 4.78 is 38.0. The lowest BCUT2D eigenvalue weighted by atomic mass is 9.73. The minimum absolute atomic E-state index is 0.151. The van der Waals surface area contributed by atoms with Crippen molar-refractivity contribution >= 4 is 11.8 Å². The number of nitrogens with zero attached hydrogens (tertiary/aromatic N) is 1. The number of methoxy groups -OCH3 is 2. The van der Waals surface area contributed by atoms with Crippen LogP contribution in [0.3, 0.4) is 0 Å². The number of Topliss-reactive ketones (excluding diaryl/α,β-unsaturated/α-hetero) is 1. The predicted molar refractivity (Wildman–Crippen MR) is 194 cm³/mol. The van der Waals surface area contributed by atoms with Crippen molar-refractivity contribution < 1.29 is 58.4 Å². The number of ketones is 1. The third-order valence-electron chi connectivity index (χ3n) is 12.8. The molecule has 1 saturated carbocycles. The molecule has 52 heavy (non-hydrogen) atoms. The summed E-state index contributed by atoms with van der Waals surface area (Å²) in [5.74, 6) is -3.98. The number of hydrogen-bond donors (Lipinski definition) is 4. The van der Waals surface area contributed by atoms with E-state index in [0.717, 1.165) is 6.42 Å². The van der Waals surface area contributed by atoms with E-state index in [0.29, 0.717) is 6.42 Å². The van der Waals surface area contributed by atoms with Gasteiger partial charge in [-0.15, -0.1) is 0 Å². The molecular formula is C39H71NO12. The van der Waals surface area contributed by atoms with E-state index < -0.39 is 102 Å². The van der Waals surface area contributed by atoms with Gasteiger partial charge in [0.05, 0.1) is 53.7 Å². The number of aliphatic hydroxyl groups excluding tert-OH is 3. The van der Waals surface area contributed by atoms with E-state index in [1.165, 1.54) is 14.0 Å². The van der Waals surface area contributed by atoms with Crippen molar-refractivity contribution in [3.05, 3.63) is 0 Å². The van der Waals surface area contributed by atoms with E-state index in [9.17, 15) is 30.0 Å². The van der Waals surface area contributed by atoms with Gasteiger partial charge < -0.3 is 53.7 Å². The SMILES string of the molecule is CC[C@H]1OC(=O)[C@H](C)[C@@H](O[C@H]2CC(C)(OC)[C@@H](O)C(C)O2)[C@H](C)[C@@H](O[C@@H]2CC(C)C[C@@H](N(C)C)C2O)[C@](C)(OC)C[C@@H](C)C(=O)[C@H](C)[C@@H](O)[C@]1(C)O. The number of rotatable bonds is 8. The molecule has 0 amide bonds. The summed E-state index contributed by atoms with van der Waals surface area (Å²) in [6.45, 7) is 17.5. The molecule has 3 fully saturated rings. The second kappa shape index (κ2) is 17.7. The molecule has 0 aromatic rings. The van der Waals surface area contributed by atoms with Crippen LogP contribution in [0.4, 0.5) is 0 Å². The Morgan fingerprint density at radius 2 is 1.44 bits per heavy atom. The van der Waals surface area contributed by atoms with Crippen molar-refractivity contribution in [1.29, 1.82) is 0 Å². The van der Waals surface area contributed by atoms with Gasteiger partial charge in [0.25, 0.3) is 0 Å². The van der Waals surface area contributed by atoms with E-state index in [2.05, 4.69) is 6.92 Å². The number of carbonyl (C=O) groups excluding carboxylic acids is 2. The highest BCUT2D eigenvalue weighted by Gasteiger charge is 2.53. The topological polar surface area (TPSA) is 174 Å². The average molecular weight is 746 g/mol. The molecule has 0 aromatic carbocycles. The van der Waals surface area contributed by atoms with E-state index in [1.54, 1.807) is 48.7 Å². The number of carbonyl (C=O) groups is 2. The highest BCUT2D eigenvalue weighted by molar-refractivity contribution is 5.83. The molecule has 0 bridgehead atoms. The molecule has 18 atom stereocenters. The van der Waals surface area contributed by atoms with Gasteiger partial charge in [-0.25, -0.2) is 0 Å². The van der Waals surface area contributed by atoms with Gasteiger partial charge in [-0.1, -0.05) is 34.6 Å². The minimum atomic E-state index is -1.95. The van der Waals surface area contributed by atoms with Crippen molar-refractivity contribution in [2.24, 2.45) is 29.6 Å². The summed E-state index contributed by atoms with van der Waals surface area (Å²) in [4.78, 5) is 30.2. The second-order valence-electron chi connectivity index (χ2n) is 17.2. The quantitative estimate of drug-likeness (QED) is 0.267. The van der Waals surface area contributed by atoms with Crippen LogP contribution in [-0.2, 0) is 38.0 Å². The van der Waals surface area contributed by atoms with Crippen molar-refractivity contribution in [2.45, 2.75) is 179 Å². The van der Waals surface area contributed by atoms with Crippen LogP contribution in [0.1, 0.15) is 101 Å². The molecular weight excluding hydrogens is 674 g/mol. The Morgan fingerprint density at radius 1 is 0.846 bits per heavy atom. The lowest BCUT2D eigenvalue weighted by molar-refractivity contribution is -0.303. The zero-order chi connectivity index (χ0) is 39.7. The van der Waals surface area contributed by atoms with Gasteiger partial charge in [0, 0.05) is 44.4 Å². The standard InChI is InChI=1S/C39H71NO12/c1-15-28-39(10,46)33(43)22(4)30(41)21(3)18-38(9,48-14)35(50-27-17-20(2)16-26(31(27)42)40(11)12)23(5)32(24(6)36(45)51-28)52-29-19-37(8,47-13)34(44)25(7)49-29/h20-29,31-35,42-44,46H,15-19H2,1-14H3/t20?,21-,22+,23+,24-,25?,26-,27-,28-,29+,31?,32+,33-,34+,35-,37?,38-,39-/m1/s1. The van der Waals surface area contributed by atoms with Crippen LogP contribution in [0, 0.1) is 29.6 Å². The van der Waals surface area contributed by atoms with Crippen LogP contribution in [0.2, 0.25) is 0 Å². The molecule has 13 nitrogen and oxygen atoms in total. The van der Waals surface area contributed by atoms with Gasteiger partial charge in [-0.3, -0.25) is 9.59 Å². The lowest BCUT2D eigenvalue weighted by Crippen LogP contribution is -2.61. The van der Waals surface area contributed by atoms with Crippen molar-refractivity contribution in [2.75, 3.05) is 28.3 Å². The normalized spacial score (nSPS) is 49.0. The van der Waals surface area contributed by atoms with Gasteiger partial charge in [0.2, 0.25) is 0 Å². The summed E-state index contributed by atoms with van der Waals surface area (Å²) in [7, 11) is 6.93. The molecule has 2 aliphatic heterocycles. The zero-order valence-corrected chi connectivity index (χ0v) is 34.2. The molecule has 0 spiro atoms. The summed E-state index contributed by atoms with van der Waals surface area (Å²) >= 11 is 0. The van der Waals surface area contributed by atoms with Crippen molar-refractivity contribution in [3.8, 4) is 0 Å². The smallest absolute Gasteiger partial charge is 0.311 e. The van der Waals surface area contributed by atoms with Gasteiger partial charge in [-0.2, -0.15) is 0 Å². The molecule has 304 valence electrons. The number of aliphatic hydroxyl groups is 4. The molecule has 3 rings (SSSR count). The third kappa shape index (κ3) is 9.39. The average Bonchev–Trinajstić information content (AvgIpc) is 3.09. The maximum absolute atomic E-state index is 14.2. The number of likely N-dealkylation sites (N-methyl/N-ethyl adjacent to an activating group) is 1. The van der Waals surface area contributed by atoms with Crippen LogP contribution in [0.25, 0.3) is 0 Å². The van der Waals surface area contributed by atoms with Crippen molar-refractivity contribution in [1.82, 2.24) is 4.90 Å². The monoisotopic (exact) mass is 745 g/mol. The Morgan fingerprint density at radius 3 is 1.98 bits per heavy atom. The van der Waals surface area contributed by atoms with Crippen LogP contribution >= 0.6 is 0 Å². The van der Waals surface area contributed by atoms with E-state index in [-0.39, 0.29) is 37.0 Å². The maximum Gasteiger partial charge on any atom is 0.311 e. The summed E-state index contributed by atoms with van der Waals surface area (Å²) in [5.41, 5.74) is -4.13. The first-order valence-electron chi connectivity index (χ1n) is 19.2. The molecule has 4 N–H and O–H groups in total. The molecule has 0 aromatic heterocycles. The minimum Gasteiger partial charge on any atom is -0.459 e. The molecule has 13 heteroatoms. The Bertz CT molecular complexity index is 1190. The van der Waals surface area contributed by atoms with Crippen molar-refractivity contribution in [3.63, 3.8) is 0 Å². The molecule has 3 aliphatic rings. The Hall–Kier alpha value is -1.26. The van der Waals surface area contributed by atoms with E-state index in [1.807, 2.05) is 32.8 Å². The molecule has 1 aliphatic carbocycles. The Labute approximate surface area is 312 Å². The van der Waals surface area contributed by atoms with E-state index in [4.69, 9.17) is 28.4 Å². The van der Waals surface area contributed by atoms with Crippen LogP contribution < -0.4 is 0 Å². The zero-order valence-electron chi connectivity index (χ0n) is 34.2. The lowest BCUT2D eigenvalue weighted by Gasteiger charge is -2.50. The van der Waals surface area contributed by atoms with Crippen LogP contribution in [-0.4, -0.2) is 143 Å². The number of hydrogen-bond acceptors (Lipinski definition) is 13. The third-order valence-corrected chi connectivity index (χ3v) is 12.8. The number of esters is 1. The highest BCUT2D eigenvalue weighted by Crippen LogP contribution is 2.42. The van der Waals surface area contributed by atoms with Crippen LogP contribution in [0.15, 0.2) is 0 Å².